The van der Waals surface area contributed by atoms with Crippen molar-refractivity contribution in [2.24, 2.45) is 4.99 Å². The van der Waals surface area contributed by atoms with Gasteiger partial charge in [0.05, 0.1) is 13.2 Å². The van der Waals surface area contributed by atoms with Crippen molar-refractivity contribution in [2.75, 3.05) is 46.9 Å². The zero-order valence-corrected chi connectivity index (χ0v) is 18.7. The molecule has 2 N–H and O–H groups in total. The van der Waals surface area contributed by atoms with Gasteiger partial charge in [-0.1, -0.05) is 6.07 Å². The molecule has 0 saturated carbocycles. The number of nitrogens with one attached hydrogen (secondary N) is 2. The summed E-state index contributed by atoms with van der Waals surface area (Å²) in [5.74, 6) is 2.48. The van der Waals surface area contributed by atoms with Gasteiger partial charge in [0.25, 0.3) is 0 Å². The molecule has 0 aliphatic heterocycles. The van der Waals surface area contributed by atoms with Gasteiger partial charge in [-0.3, -0.25) is 4.99 Å². The molecule has 0 fully saturated rings. The van der Waals surface area contributed by atoms with E-state index in [9.17, 15) is 0 Å². The first-order valence-corrected chi connectivity index (χ1v) is 10.5. The maximum Gasteiger partial charge on any atom is 0.190 e. The first-order chi connectivity index (χ1) is 13.5. The van der Waals surface area contributed by atoms with Crippen LogP contribution in [0.1, 0.15) is 46.1 Å². The van der Waals surface area contributed by atoms with E-state index < -0.39 is 0 Å². The molecule has 0 aromatic heterocycles. The molecule has 0 radical (unpaired) electrons. The number of benzene rings is 1. The van der Waals surface area contributed by atoms with Crippen LogP contribution in [0.25, 0.3) is 0 Å². The van der Waals surface area contributed by atoms with Crippen LogP contribution < -0.4 is 20.1 Å². The van der Waals surface area contributed by atoms with Gasteiger partial charge in [-0.2, -0.15) is 0 Å². The summed E-state index contributed by atoms with van der Waals surface area (Å²) in [7, 11) is 3.99. The Bertz CT molecular complexity index is 576. The van der Waals surface area contributed by atoms with Crippen LogP contribution in [0.3, 0.4) is 0 Å². The van der Waals surface area contributed by atoms with Gasteiger partial charge in [0, 0.05) is 26.2 Å². The average Bonchev–Trinajstić information content (AvgIpc) is 2.68. The molecular formula is C22H40N4O2. The number of ether oxygens (including phenoxy) is 2. The molecule has 28 heavy (non-hydrogen) atoms. The molecule has 0 atom stereocenters. The van der Waals surface area contributed by atoms with Crippen LogP contribution in [0, 0.1) is 0 Å². The van der Waals surface area contributed by atoms with E-state index in [4.69, 9.17) is 9.47 Å². The highest BCUT2D eigenvalue weighted by molar-refractivity contribution is 5.79. The molecule has 0 aliphatic carbocycles. The standard InChI is InChI=1S/C22H40N4O2/c1-7-27-20-12-11-19(17-21(20)28-8-2)13-15-25-22(23-5)24-14-9-10-16-26(6)18(3)4/h11-12,17-18H,7-10,13-16H2,1-6H3,(H2,23,24,25). The first-order valence-electron chi connectivity index (χ1n) is 10.5. The molecule has 1 aromatic rings. The van der Waals surface area contributed by atoms with Crippen molar-refractivity contribution in [3.63, 3.8) is 0 Å². The van der Waals surface area contributed by atoms with Gasteiger partial charge in [-0.15, -0.1) is 0 Å². The lowest BCUT2D eigenvalue weighted by Crippen LogP contribution is -2.39. The Balaban J connectivity index is 2.35. The molecule has 0 unspecified atom stereocenters. The maximum absolute atomic E-state index is 5.70. The van der Waals surface area contributed by atoms with Gasteiger partial charge in [0.2, 0.25) is 0 Å². The monoisotopic (exact) mass is 392 g/mol. The van der Waals surface area contributed by atoms with Crippen molar-refractivity contribution in [1.82, 2.24) is 15.5 Å². The number of hydrogen-bond donors (Lipinski definition) is 2. The second kappa shape index (κ2) is 14.1. The summed E-state index contributed by atoms with van der Waals surface area (Å²) in [6.45, 7) is 12.6. The second-order valence-electron chi connectivity index (χ2n) is 7.10. The van der Waals surface area contributed by atoms with E-state index in [-0.39, 0.29) is 0 Å². The van der Waals surface area contributed by atoms with Crippen LogP contribution in [0.5, 0.6) is 11.5 Å². The molecule has 160 valence electrons. The van der Waals surface area contributed by atoms with Gasteiger partial charge >= 0.3 is 0 Å². The van der Waals surface area contributed by atoms with Crippen molar-refractivity contribution in [2.45, 2.75) is 53.0 Å². The van der Waals surface area contributed by atoms with Crippen LogP contribution in [-0.2, 0) is 6.42 Å². The number of aliphatic imine (C=N–C) groups is 1. The van der Waals surface area contributed by atoms with Crippen LogP contribution in [0.4, 0.5) is 0 Å². The van der Waals surface area contributed by atoms with E-state index in [1.54, 1.807) is 0 Å². The Morgan fingerprint density at radius 3 is 2.36 bits per heavy atom. The van der Waals surface area contributed by atoms with E-state index in [1.807, 2.05) is 27.0 Å². The fourth-order valence-corrected chi connectivity index (χ4v) is 2.75. The molecule has 0 bridgehead atoms. The summed E-state index contributed by atoms with van der Waals surface area (Å²) < 4.78 is 11.3. The van der Waals surface area contributed by atoms with Crippen molar-refractivity contribution in [1.29, 1.82) is 0 Å². The van der Waals surface area contributed by atoms with Crippen molar-refractivity contribution in [3.05, 3.63) is 23.8 Å². The molecule has 6 heteroatoms. The quantitative estimate of drug-likeness (QED) is 0.306. The fraction of sp³-hybridized carbons (Fsp3) is 0.682. The third kappa shape index (κ3) is 9.31. The molecule has 1 aromatic carbocycles. The Labute approximate surface area is 171 Å². The molecule has 0 saturated heterocycles. The second-order valence-corrected chi connectivity index (χ2v) is 7.10. The lowest BCUT2D eigenvalue weighted by molar-refractivity contribution is 0.268. The SMILES string of the molecule is CCOc1ccc(CCNC(=NC)NCCCCN(C)C(C)C)cc1OCC. The number of hydrogen-bond acceptors (Lipinski definition) is 4. The Hall–Kier alpha value is -1.95. The number of nitrogens with zero attached hydrogens (tertiary/aromatic N) is 2. The van der Waals surface area contributed by atoms with E-state index in [2.05, 4.69) is 53.6 Å². The van der Waals surface area contributed by atoms with Crippen molar-refractivity contribution >= 4 is 5.96 Å². The third-order valence-corrected chi connectivity index (χ3v) is 4.65. The average molecular weight is 393 g/mol. The van der Waals surface area contributed by atoms with Gasteiger partial charge < -0.3 is 25.0 Å². The summed E-state index contributed by atoms with van der Waals surface area (Å²) in [6, 6.07) is 6.76. The molecule has 1 rings (SSSR count). The lowest BCUT2D eigenvalue weighted by atomic mass is 10.1. The third-order valence-electron chi connectivity index (χ3n) is 4.65. The summed E-state index contributed by atoms with van der Waals surface area (Å²) in [5, 5.41) is 6.78. The van der Waals surface area contributed by atoms with Gasteiger partial charge in [0.1, 0.15) is 0 Å². The topological polar surface area (TPSA) is 58.1 Å². The molecule has 0 amide bonds. The van der Waals surface area contributed by atoms with E-state index in [1.165, 1.54) is 12.0 Å². The summed E-state index contributed by atoms with van der Waals surface area (Å²) in [5.41, 5.74) is 1.21. The number of guanidine groups is 1. The van der Waals surface area contributed by atoms with Crippen LogP contribution >= 0.6 is 0 Å². The maximum atomic E-state index is 5.70. The van der Waals surface area contributed by atoms with Crippen LogP contribution in [0.2, 0.25) is 0 Å². The molecule has 0 aliphatic rings. The zero-order valence-electron chi connectivity index (χ0n) is 18.7. The minimum atomic E-state index is 0.605. The minimum Gasteiger partial charge on any atom is -0.490 e. The summed E-state index contributed by atoms with van der Waals surface area (Å²) in [4.78, 5) is 6.68. The normalized spacial score (nSPS) is 11.8. The van der Waals surface area contributed by atoms with E-state index >= 15 is 0 Å². The smallest absolute Gasteiger partial charge is 0.190 e. The number of rotatable bonds is 13. The highest BCUT2D eigenvalue weighted by Crippen LogP contribution is 2.28. The Morgan fingerprint density at radius 2 is 1.71 bits per heavy atom. The van der Waals surface area contributed by atoms with Gasteiger partial charge in [-0.25, -0.2) is 0 Å². The predicted octanol–water partition coefficient (Wildman–Crippen LogP) is 3.31. The Morgan fingerprint density at radius 1 is 1.04 bits per heavy atom. The number of unbranched alkanes of at least 4 members (excludes halogenated alkanes) is 1. The van der Waals surface area contributed by atoms with E-state index in [0.29, 0.717) is 19.3 Å². The van der Waals surface area contributed by atoms with Crippen molar-refractivity contribution in [3.8, 4) is 11.5 Å². The fourth-order valence-electron chi connectivity index (χ4n) is 2.75. The minimum absolute atomic E-state index is 0.605. The highest BCUT2D eigenvalue weighted by atomic mass is 16.5. The molecular weight excluding hydrogens is 352 g/mol. The largest absolute Gasteiger partial charge is 0.490 e. The highest BCUT2D eigenvalue weighted by Gasteiger charge is 2.07. The summed E-state index contributed by atoms with van der Waals surface area (Å²) >= 11 is 0. The lowest BCUT2D eigenvalue weighted by Gasteiger charge is -2.20. The molecule has 0 spiro atoms. The van der Waals surface area contributed by atoms with Gasteiger partial charge in [-0.05, 0) is 78.2 Å². The van der Waals surface area contributed by atoms with E-state index in [0.717, 1.165) is 49.9 Å². The molecule has 0 heterocycles. The van der Waals surface area contributed by atoms with Crippen molar-refractivity contribution < 1.29 is 9.47 Å². The van der Waals surface area contributed by atoms with Crippen LogP contribution in [-0.4, -0.2) is 63.8 Å². The van der Waals surface area contributed by atoms with Gasteiger partial charge in [0.15, 0.2) is 17.5 Å². The Kier molecular flexibility index (Phi) is 12.1. The zero-order chi connectivity index (χ0) is 20.8. The first kappa shape index (κ1) is 24.1. The predicted molar refractivity (Wildman–Crippen MR) is 119 cm³/mol. The summed E-state index contributed by atoms with van der Waals surface area (Å²) in [6.07, 6.45) is 3.21. The van der Waals surface area contributed by atoms with Crippen LogP contribution in [0.15, 0.2) is 23.2 Å². The molecule has 6 nitrogen and oxygen atoms in total.